The van der Waals surface area contributed by atoms with Gasteiger partial charge in [0, 0.05) is 18.0 Å². The van der Waals surface area contributed by atoms with Crippen LogP contribution in [0.4, 0.5) is 4.79 Å². The molecule has 0 spiro atoms. The Hall–Kier alpha value is -1.91. The lowest BCUT2D eigenvalue weighted by Crippen LogP contribution is -2.40. The summed E-state index contributed by atoms with van der Waals surface area (Å²) in [6.45, 7) is 1.94. The van der Waals surface area contributed by atoms with Gasteiger partial charge in [0.15, 0.2) is 5.78 Å². The maximum atomic E-state index is 12.1. The van der Waals surface area contributed by atoms with Gasteiger partial charge in [-0.25, -0.2) is 4.79 Å². The number of hydrogen-bond acceptors (Lipinski definition) is 3. The monoisotopic (exact) mass is 219 g/mol. The van der Waals surface area contributed by atoms with Crippen molar-refractivity contribution in [2.24, 2.45) is 0 Å². The Morgan fingerprint density at radius 3 is 2.69 bits per heavy atom. The van der Waals surface area contributed by atoms with Gasteiger partial charge in [-0.05, 0) is 18.6 Å². The molecule has 0 saturated carbocycles. The largest absolute Gasteiger partial charge is 0.333 e. The lowest BCUT2D eigenvalue weighted by atomic mass is 9.98. The first kappa shape index (κ1) is 10.6. The van der Waals surface area contributed by atoms with Gasteiger partial charge in [0.25, 0.3) is 0 Å². The number of urea groups is 1. The third kappa shape index (κ3) is 1.88. The molecule has 0 bridgehead atoms. The predicted molar refractivity (Wildman–Crippen MR) is 58.1 cm³/mol. The lowest BCUT2D eigenvalue weighted by Gasteiger charge is -2.15. The molecule has 2 amide bonds. The summed E-state index contributed by atoms with van der Waals surface area (Å²) < 4.78 is 0. The van der Waals surface area contributed by atoms with Crippen LogP contribution in [0.25, 0.3) is 0 Å². The molecule has 0 aromatic carbocycles. The first-order valence-corrected chi connectivity index (χ1v) is 5.23. The third-order valence-electron chi connectivity index (χ3n) is 2.69. The summed E-state index contributed by atoms with van der Waals surface area (Å²) in [7, 11) is 0. The van der Waals surface area contributed by atoms with Crippen LogP contribution in [0.1, 0.15) is 23.7 Å². The van der Waals surface area contributed by atoms with Gasteiger partial charge in [-0.15, -0.1) is 0 Å². The maximum Gasteiger partial charge on any atom is 0.315 e. The molecule has 2 rings (SSSR count). The van der Waals surface area contributed by atoms with Crippen molar-refractivity contribution in [3.05, 3.63) is 30.1 Å². The first-order valence-electron chi connectivity index (χ1n) is 5.23. The smallest absolute Gasteiger partial charge is 0.315 e. The zero-order valence-electron chi connectivity index (χ0n) is 8.93. The second-order valence-electron chi connectivity index (χ2n) is 3.71. The van der Waals surface area contributed by atoms with Gasteiger partial charge in [-0.1, -0.05) is 6.92 Å². The SMILES string of the molecule is CCC1NC(=O)NC1C(=O)c1ccncc1. The van der Waals surface area contributed by atoms with Crippen LogP contribution in [0, 0.1) is 0 Å². The number of amides is 2. The maximum absolute atomic E-state index is 12.1. The molecule has 1 saturated heterocycles. The summed E-state index contributed by atoms with van der Waals surface area (Å²) >= 11 is 0. The predicted octanol–water partition coefficient (Wildman–Crippen LogP) is 0.724. The van der Waals surface area contributed by atoms with E-state index >= 15 is 0 Å². The van der Waals surface area contributed by atoms with Gasteiger partial charge in [0.1, 0.15) is 6.04 Å². The lowest BCUT2D eigenvalue weighted by molar-refractivity contribution is 0.0943. The van der Waals surface area contributed by atoms with Crippen molar-refractivity contribution in [1.82, 2.24) is 15.6 Å². The van der Waals surface area contributed by atoms with Gasteiger partial charge >= 0.3 is 6.03 Å². The van der Waals surface area contributed by atoms with Crippen LogP contribution in [0.2, 0.25) is 0 Å². The summed E-state index contributed by atoms with van der Waals surface area (Å²) in [5, 5.41) is 5.35. The molecular formula is C11H13N3O2. The highest BCUT2D eigenvalue weighted by Crippen LogP contribution is 2.11. The van der Waals surface area contributed by atoms with E-state index in [4.69, 9.17) is 0 Å². The Morgan fingerprint density at radius 2 is 2.06 bits per heavy atom. The molecule has 5 nitrogen and oxygen atoms in total. The number of rotatable bonds is 3. The number of pyridine rings is 1. The quantitative estimate of drug-likeness (QED) is 0.736. The van der Waals surface area contributed by atoms with Gasteiger partial charge in [-0.2, -0.15) is 0 Å². The minimum absolute atomic E-state index is 0.0763. The van der Waals surface area contributed by atoms with Crippen molar-refractivity contribution in [2.45, 2.75) is 25.4 Å². The van der Waals surface area contributed by atoms with E-state index in [0.717, 1.165) is 6.42 Å². The topological polar surface area (TPSA) is 71.1 Å². The van der Waals surface area contributed by atoms with Crippen LogP contribution in [-0.4, -0.2) is 28.9 Å². The molecule has 1 aliphatic heterocycles. The van der Waals surface area contributed by atoms with Crippen molar-refractivity contribution in [3.8, 4) is 0 Å². The number of carbonyl (C=O) groups excluding carboxylic acids is 2. The molecule has 2 unspecified atom stereocenters. The molecule has 5 heteroatoms. The van der Waals surface area contributed by atoms with Gasteiger partial charge in [0.2, 0.25) is 0 Å². The number of Topliss-reactive ketones (excluding diaryl/α,β-unsaturated/α-hetero) is 1. The van der Waals surface area contributed by atoms with E-state index in [0.29, 0.717) is 5.56 Å². The Labute approximate surface area is 93.3 Å². The molecule has 1 aromatic rings. The third-order valence-corrected chi connectivity index (χ3v) is 2.69. The molecule has 1 aromatic heterocycles. The Morgan fingerprint density at radius 1 is 1.38 bits per heavy atom. The summed E-state index contributed by atoms with van der Waals surface area (Å²) in [4.78, 5) is 27.1. The highest BCUT2D eigenvalue weighted by molar-refractivity contribution is 6.03. The van der Waals surface area contributed by atoms with Gasteiger partial charge < -0.3 is 10.6 Å². The minimum Gasteiger partial charge on any atom is -0.333 e. The second-order valence-corrected chi connectivity index (χ2v) is 3.71. The molecule has 1 fully saturated rings. The molecule has 0 radical (unpaired) electrons. The van der Waals surface area contributed by atoms with Crippen molar-refractivity contribution >= 4 is 11.8 Å². The summed E-state index contributed by atoms with van der Waals surface area (Å²) in [6.07, 6.45) is 3.86. The van der Waals surface area contributed by atoms with Crippen molar-refractivity contribution in [1.29, 1.82) is 0 Å². The molecule has 16 heavy (non-hydrogen) atoms. The molecule has 0 aliphatic carbocycles. The highest BCUT2D eigenvalue weighted by atomic mass is 16.2. The van der Waals surface area contributed by atoms with Gasteiger partial charge in [-0.3, -0.25) is 9.78 Å². The van der Waals surface area contributed by atoms with E-state index < -0.39 is 6.04 Å². The van der Waals surface area contributed by atoms with Crippen LogP contribution in [0.15, 0.2) is 24.5 Å². The van der Waals surface area contributed by atoms with E-state index in [1.54, 1.807) is 24.5 Å². The Balaban J connectivity index is 2.19. The van der Waals surface area contributed by atoms with Crippen molar-refractivity contribution in [3.63, 3.8) is 0 Å². The molecular weight excluding hydrogens is 206 g/mol. The zero-order chi connectivity index (χ0) is 11.5. The molecule has 2 atom stereocenters. The Kier molecular flexibility index (Phi) is 2.85. The van der Waals surface area contributed by atoms with E-state index in [2.05, 4.69) is 15.6 Å². The molecule has 1 aliphatic rings. The normalized spacial score (nSPS) is 23.7. The van der Waals surface area contributed by atoms with E-state index in [1.165, 1.54) is 0 Å². The summed E-state index contributed by atoms with van der Waals surface area (Å²) in [5.41, 5.74) is 0.572. The number of nitrogens with zero attached hydrogens (tertiary/aromatic N) is 1. The number of nitrogens with one attached hydrogen (secondary N) is 2. The average Bonchev–Trinajstić information content (AvgIpc) is 2.70. The molecule has 2 N–H and O–H groups in total. The first-order chi connectivity index (χ1) is 7.72. The van der Waals surface area contributed by atoms with Crippen LogP contribution in [0.5, 0.6) is 0 Å². The fourth-order valence-electron chi connectivity index (χ4n) is 1.82. The van der Waals surface area contributed by atoms with Crippen molar-refractivity contribution < 1.29 is 9.59 Å². The highest BCUT2D eigenvalue weighted by Gasteiger charge is 2.35. The average molecular weight is 219 g/mol. The summed E-state index contributed by atoms with van der Waals surface area (Å²) in [5.74, 6) is -0.0763. The van der Waals surface area contributed by atoms with E-state index in [9.17, 15) is 9.59 Å². The minimum atomic E-state index is -0.472. The van der Waals surface area contributed by atoms with Crippen LogP contribution in [-0.2, 0) is 0 Å². The van der Waals surface area contributed by atoms with Crippen LogP contribution in [0.3, 0.4) is 0 Å². The fourth-order valence-corrected chi connectivity index (χ4v) is 1.82. The van der Waals surface area contributed by atoms with Crippen molar-refractivity contribution in [2.75, 3.05) is 0 Å². The number of carbonyl (C=O) groups is 2. The fraction of sp³-hybridized carbons (Fsp3) is 0.364. The number of aromatic nitrogens is 1. The standard InChI is InChI=1S/C11H13N3O2/c1-2-8-9(14-11(16)13-8)10(15)7-3-5-12-6-4-7/h3-6,8-9H,2H2,1H3,(H2,13,14,16). The zero-order valence-corrected chi connectivity index (χ0v) is 8.93. The van der Waals surface area contributed by atoms with Crippen LogP contribution < -0.4 is 10.6 Å². The van der Waals surface area contributed by atoms with E-state index in [-0.39, 0.29) is 17.9 Å². The second kappa shape index (κ2) is 4.30. The number of ketones is 1. The van der Waals surface area contributed by atoms with Crippen LogP contribution >= 0.6 is 0 Å². The Bertz CT molecular complexity index is 405. The number of hydrogen-bond donors (Lipinski definition) is 2. The van der Waals surface area contributed by atoms with E-state index in [1.807, 2.05) is 6.92 Å². The molecule has 84 valence electrons. The van der Waals surface area contributed by atoms with Gasteiger partial charge in [0.05, 0.1) is 6.04 Å². The molecule has 2 heterocycles. The summed E-state index contributed by atoms with van der Waals surface area (Å²) in [6, 6.07) is 2.42.